The molecule has 0 aromatic carbocycles. The fourth-order valence-corrected chi connectivity index (χ4v) is 4.97. The number of nitrogens with one attached hydrogen (secondary N) is 1. The van der Waals surface area contributed by atoms with Crippen LogP contribution in [0.3, 0.4) is 0 Å². The van der Waals surface area contributed by atoms with E-state index < -0.39 is 0 Å². The number of carbonyl (C=O) groups is 2. The summed E-state index contributed by atoms with van der Waals surface area (Å²) in [5, 5.41) is 2.89. The van der Waals surface area contributed by atoms with Crippen molar-refractivity contribution in [2.75, 3.05) is 39.3 Å². The highest BCUT2D eigenvalue weighted by atomic mass is 35.5. The SMILES string of the molecule is Cl.NCCNC(=O)C1CCCN(CC(=O)N2CCCC3CCCCC32)C1. The Labute approximate surface area is 163 Å². The van der Waals surface area contributed by atoms with Crippen LogP contribution < -0.4 is 11.1 Å². The molecule has 3 fully saturated rings. The first-order chi connectivity index (χ1) is 12.2. The minimum absolute atomic E-state index is 0. The third-order valence-electron chi connectivity index (χ3n) is 6.24. The van der Waals surface area contributed by atoms with Gasteiger partial charge in [0.1, 0.15) is 0 Å². The number of carbonyl (C=O) groups excluding carboxylic acids is 2. The van der Waals surface area contributed by atoms with Crippen LogP contribution in [-0.4, -0.2) is 66.9 Å². The lowest BCUT2D eigenvalue weighted by Crippen LogP contribution is -2.53. The molecule has 2 amide bonds. The summed E-state index contributed by atoms with van der Waals surface area (Å²) < 4.78 is 0. The molecule has 0 bridgehead atoms. The van der Waals surface area contributed by atoms with E-state index in [1.54, 1.807) is 0 Å². The number of nitrogens with zero attached hydrogens (tertiary/aromatic N) is 2. The van der Waals surface area contributed by atoms with Crippen LogP contribution in [0.1, 0.15) is 51.4 Å². The van der Waals surface area contributed by atoms with Gasteiger partial charge in [0.05, 0.1) is 12.5 Å². The van der Waals surface area contributed by atoms with Crippen molar-refractivity contribution in [3.63, 3.8) is 0 Å². The number of nitrogens with two attached hydrogens (primary N) is 1. The quantitative estimate of drug-likeness (QED) is 0.748. The molecule has 3 N–H and O–H groups in total. The molecule has 150 valence electrons. The van der Waals surface area contributed by atoms with Gasteiger partial charge in [-0.05, 0) is 51.0 Å². The largest absolute Gasteiger partial charge is 0.355 e. The highest BCUT2D eigenvalue weighted by Gasteiger charge is 2.36. The Morgan fingerprint density at radius 1 is 1.00 bits per heavy atom. The fraction of sp³-hybridized carbons (Fsp3) is 0.895. The Hall–Kier alpha value is -0.850. The number of likely N-dealkylation sites (tertiary alicyclic amines) is 2. The molecule has 1 aliphatic carbocycles. The Bertz CT molecular complexity index is 474. The highest BCUT2D eigenvalue weighted by Crippen LogP contribution is 2.35. The number of amides is 2. The van der Waals surface area contributed by atoms with E-state index >= 15 is 0 Å². The van der Waals surface area contributed by atoms with E-state index in [1.165, 1.54) is 32.1 Å². The zero-order chi connectivity index (χ0) is 17.6. The first-order valence-corrected chi connectivity index (χ1v) is 10.2. The zero-order valence-corrected chi connectivity index (χ0v) is 16.6. The first kappa shape index (κ1) is 21.5. The lowest BCUT2D eigenvalue weighted by molar-refractivity contribution is -0.140. The molecule has 2 saturated heterocycles. The summed E-state index contributed by atoms with van der Waals surface area (Å²) in [6, 6.07) is 0.475. The second-order valence-corrected chi connectivity index (χ2v) is 8.00. The van der Waals surface area contributed by atoms with Crippen LogP contribution in [0.4, 0.5) is 0 Å². The number of piperidine rings is 2. The molecule has 2 aliphatic heterocycles. The van der Waals surface area contributed by atoms with E-state index in [0.717, 1.165) is 38.3 Å². The zero-order valence-electron chi connectivity index (χ0n) is 15.8. The molecule has 0 aromatic heterocycles. The van der Waals surface area contributed by atoms with Gasteiger partial charge in [0.15, 0.2) is 0 Å². The Kier molecular flexibility index (Phi) is 8.64. The van der Waals surface area contributed by atoms with Gasteiger partial charge in [0.25, 0.3) is 0 Å². The lowest BCUT2D eigenvalue weighted by atomic mass is 9.78. The molecule has 1 saturated carbocycles. The summed E-state index contributed by atoms with van der Waals surface area (Å²) in [6.07, 6.45) is 9.41. The predicted octanol–water partition coefficient (Wildman–Crippen LogP) is 1.38. The predicted molar refractivity (Wildman–Crippen MR) is 105 cm³/mol. The van der Waals surface area contributed by atoms with Gasteiger partial charge in [-0.3, -0.25) is 14.5 Å². The molecule has 3 atom stereocenters. The number of hydrogen-bond donors (Lipinski definition) is 2. The normalized spacial score (nSPS) is 29.4. The highest BCUT2D eigenvalue weighted by molar-refractivity contribution is 5.85. The van der Waals surface area contributed by atoms with Gasteiger partial charge in [0.2, 0.25) is 11.8 Å². The molecule has 26 heavy (non-hydrogen) atoms. The van der Waals surface area contributed by atoms with Gasteiger partial charge >= 0.3 is 0 Å². The number of halogens is 1. The third kappa shape index (κ3) is 5.33. The summed E-state index contributed by atoms with van der Waals surface area (Å²) in [4.78, 5) is 29.5. The Morgan fingerprint density at radius 3 is 2.54 bits per heavy atom. The van der Waals surface area contributed by atoms with Crippen LogP contribution in [0.5, 0.6) is 0 Å². The van der Waals surface area contributed by atoms with E-state index in [0.29, 0.717) is 32.2 Å². The summed E-state index contributed by atoms with van der Waals surface area (Å²) >= 11 is 0. The number of fused-ring (bicyclic) bond motifs is 1. The molecular formula is C19H35ClN4O2. The average molecular weight is 387 g/mol. The Balaban J connectivity index is 0.00000243. The van der Waals surface area contributed by atoms with Gasteiger partial charge < -0.3 is 16.0 Å². The maximum Gasteiger partial charge on any atom is 0.237 e. The monoisotopic (exact) mass is 386 g/mol. The van der Waals surface area contributed by atoms with Crippen molar-refractivity contribution in [1.29, 1.82) is 0 Å². The van der Waals surface area contributed by atoms with Crippen molar-refractivity contribution < 1.29 is 9.59 Å². The number of rotatable bonds is 5. The van der Waals surface area contributed by atoms with Crippen LogP contribution >= 0.6 is 12.4 Å². The van der Waals surface area contributed by atoms with E-state index in [2.05, 4.69) is 15.1 Å². The summed E-state index contributed by atoms with van der Waals surface area (Å²) in [5.74, 6) is 1.09. The van der Waals surface area contributed by atoms with Crippen molar-refractivity contribution in [3.05, 3.63) is 0 Å². The Morgan fingerprint density at radius 2 is 1.73 bits per heavy atom. The topological polar surface area (TPSA) is 78.7 Å². The van der Waals surface area contributed by atoms with Gasteiger partial charge in [-0.25, -0.2) is 0 Å². The van der Waals surface area contributed by atoms with E-state index in [9.17, 15) is 9.59 Å². The van der Waals surface area contributed by atoms with Gasteiger partial charge in [-0.1, -0.05) is 12.8 Å². The molecule has 0 spiro atoms. The molecule has 2 heterocycles. The molecule has 3 rings (SSSR count). The maximum atomic E-state index is 12.9. The molecule has 0 radical (unpaired) electrons. The van der Waals surface area contributed by atoms with Crippen molar-refractivity contribution >= 4 is 24.2 Å². The average Bonchev–Trinajstić information content (AvgIpc) is 2.65. The second-order valence-electron chi connectivity index (χ2n) is 8.00. The van der Waals surface area contributed by atoms with Crippen LogP contribution in [0.25, 0.3) is 0 Å². The third-order valence-corrected chi connectivity index (χ3v) is 6.24. The van der Waals surface area contributed by atoms with Crippen LogP contribution in [-0.2, 0) is 9.59 Å². The molecule has 6 nitrogen and oxygen atoms in total. The molecule has 3 aliphatic rings. The minimum Gasteiger partial charge on any atom is -0.355 e. The minimum atomic E-state index is -0.00288. The van der Waals surface area contributed by atoms with Crippen molar-refractivity contribution in [3.8, 4) is 0 Å². The summed E-state index contributed by atoms with van der Waals surface area (Å²) in [5.41, 5.74) is 5.46. The summed E-state index contributed by atoms with van der Waals surface area (Å²) in [7, 11) is 0. The van der Waals surface area contributed by atoms with Crippen molar-refractivity contribution in [1.82, 2.24) is 15.1 Å². The molecule has 3 unspecified atom stereocenters. The van der Waals surface area contributed by atoms with Gasteiger partial charge in [0, 0.05) is 32.2 Å². The van der Waals surface area contributed by atoms with E-state index in [-0.39, 0.29) is 30.1 Å². The van der Waals surface area contributed by atoms with Crippen molar-refractivity contribution in [2.45, 2.75) is 57.4 Å². The van der Waals surface area contributed by atoms with Crippen LogP contribution in [0.15, 0.2) is 0 Å². The van der Waals surface area contributed by atoms with E-state index in [1.807, 2.05) is 0 Å². The first-order valence-electron chi connectivity index (χ1n) is 10.2. The molecule has 7 heteroatoms. The van der Waals surface area contributed by atoms with Gasteiger partial charge in [-0.15, -0.1) is 12.4 Å². The smallest absolute Gasteiger partial charge is 0.237 e. The fourth-order valence-electron chi connectivity index (χ4n) is 4.97. The van der Waals surface area contributed by atoms with Crippen molar-refractivity contribution in [2.24, 2.45) is 17.6 Å². The molecule has 0 aromatic rings. The standard InChI is InChI=1S/C19H34N4O2.ClH/c20-9-10-21-19(25)16-7-3-11-22(13-16)14-18(24)23-12-4-6-15-5-1-2-8-17(15)23;/h15-17H,1-14,20H2,(H,21,25);1H. The van der Waals surface area contributed by atoms with E-state index in [4.69, 9.17) is 5.73 Å². The van der Waals surface area contributed by atoms with Crippen LogP contribution in [0, 0.1) is 11.8 Å². The van der Waals surface area contributed by atoms with Crippen LogP contribution in [0.2, 0.25) is 0 Å². The lowest BCUT2D eigenvalue weighted by Gasteiger charge is -2.45. The van der Waals surface area contributed by atoms with Gasteiger partial charge in [-0.2, -0.15) is 0 Å². The summed E-state index contributed by atoms with van der Waals surface area (Å²) in [6.45, 7) is 4.03. The second kappa shape index (κ2) is 10.5. The number of hydrogen-bond acceptors (Lipinski definition) is 4. The maximum absolute atomic E-state index is 12.9. The molecular weight excluding hydrogens is 352 g/mol.